The molecule has 0 atom stereocenters. The number of rotatable bonds is 3. The van der Waals surface area contributed by atoms with Gasteiger partial charge in [-0.25, -0.2) is 17.1 Å². The molecule has 2 heterocycles. The van der Waals surface area contributed by atoms with E-state index in [1.165, 1.54) is 6.07 Å². The summed E-state index contributed by atoms with van der Waals surface area (Å²) in [6, 6.07) is 11.0. The van der Waals surface area contributed by atoms with Crippen LogP contribution in [0.2, 0.25) is 0 Å². The Balaban J connectivity index is 1.64. The molecule has 0 bridgehead atoms. The molecule has 9 heteroatoms. The fourth-order valence-corrected chi connectivity index (χ4v) is 4.31. The number of fused-ring (bicyclic) bond motifs is 1. The van der Waals surface area contributed by atoms with Crippen molar-refractivity contribution in [3.63, 3.8) is 0 Å². The maximum absolute atomic E-state index is 13.7. The first-order valence-electron chi connectivity index (χ1n) is 8.07. The molecular formula is C18H14FN3O4S. The van der Waals surface area contributed by atoms with Gasteiger partial charge >= 0.3 is 0 Å². The van der Waals surface area contributed by atoms with Gasteiger partial charge in [-0.1, -0.05) is 35.5 Å². The van der Waals surface area contributed by atoms with Crippen LogP contribution in [0.15, 0.2) is 47.0 Å². The summed E-state index contributed by atoms with van der Waals surface area (Å²) >= 11 is 0. The lowest BCUT2D eigenvalue weighted by molar-refractivity contribution is 0.0838. The minimum absolute atomic E-state index is 0.0534. The maximum Gasteiger partial charge on any atom is 0.268 e. The Kier molecular flexibility index (Phi) is 4.03. The number of amides is 1. The number of carbonyl (C=O) groups excluding carboxylic acids is 1. The van der Waals surface area contributed by atoms with Crippen LogP contribution in [0.3, 0.4) is 0 Å². The number of aryl methyl sites for hydroxylation is 1. The standard InChI is InChI=1S/C18H14FN3O4S/c1-11-6-7-12(8-15(11)19)17-20-16(26-21-17)9-22-18(23)14-5-3-2-4-13(14)10-27(22,24)25/h2-8H,9-10H2,1H3. The van der Waals surface area contributed by atoms with Gasteiger partial charge in [0.25, 0.3) is 5.91 Å². The van der Waals surface area contributed by atoms with E-state index in [2.05, 4.69) is 10.1 Å². The largest absolute Gasteiger partial charge is 0.337 e. The molecule has 27 heavy (non-hydrogen) atoms. The number of aromatic nitrogens is 2. The fourth-order valence-electron chi connectivity index (χ4n) is 2.85. The highest BCUT2D eigenvalue weighted by molar-refractivity contribution is 7.89. The Morgan fingerprint density at radius 1 is 1.22 bits per heavy atom. The van der Waals surface area contributed by atoms with Gasteiger partial charge in [0.15, 0.2) is 0 Å². The summed E-state index contributed by atoms with van der Waals surface area (Å²) in [5.74, 6) is -1.27. The van der Waals surface area contributed by atoms with Crippen LogP contribution >= 0.6 is 0 Å². The summed E-state index contributed by atoms with van der Waals surface area (Å²) in [4.78, 5) is 16.7. The molecule has 1 aromatic heterocycles. The van der Waals surface area contributed by atoms with Gasteiger partial charge in [-0.2, -0.15) is 4.98 Å². The van der Waals surface area contributed by atoms with Crippen LogP contribution in [0.1, 0.15) is 27.4 Å². The number of benzene rings is 2. The quantitative estimate of drug-likeness (QED) is 0.686. The van der Waals surface area contributed by atoms with Crippen molar-refractivity contribution in [2.45, 2.75) is 19.2 Å². The van der Waals surface area contributed by atoms with Crippen molar-refractivity contribution in [1.29, 1.82) is 0 Å². The van der Waals surface area contributed by atoms with E-state index in [4.69, 9.17) is 4.52 Å². The molecular weight excluding hydrogens is 373 g/mol. The predicted octanol–water partition coefficient (Wildman–Crippen LogP) is 2.67. The highest BCUT2D eigenvalue weighted by atomic mass is 32.2. The number of sulfonamides is 1. The SMILES string of the molecule is Cc1ccc(-c2noc(CN3C(=O)c4ccccc4CS3(=O)=O)n2)cc1F. The van der Waals surface area contributed by atoms with E-state index in [0.717, 1.165) is 4.31 Å². The van der Waals surface area contributed by atoms with E-state index in [0.29, 0.717) is 22.3 Å². The van der Waals surface area contributed by atoms with Crippen LogP contribution in [-0.2, 0) is 22.3 Å². The lowest BCUT2D eigenvalue weighted by Crippen LogP contribution is -2.41. The lowest BCUT2D eigenvalue weighted by Gasteiger charge is -2.26. The summed E-state index contributed by atoms with van der Waals surface area (Å²) in [5, 5.41) is 3.75. The van der Waals surface area contributed by atoms with Crippen molar-refractivity contribution >= 4 is 15.9 Å². The molecule has 0 fully saturated rings. The summed E-state index contributed by atoms with van der Waals surface area (Å²) < 4.78 is 44.5. The van der Waals surface area contributed by atoms with E-state index in [9.17, 15) is 17.6 Å². The molecule has 7 nitrogen and oxygen atoms in total. The molecule has 0 unspecified atom stereocenters. The molecule has 138 valence electrons. The zero-order valence-corrected chi connectivity index (χ0v) is 15.0. The van der Waals surface area contributed by atoms with Crippen molar-refractivity contribution in [2.24, 2.45) is 0 Å². The van der Waals surface area contributed by atoms with Gasteiger partial charge in [0.2, 0.25) is 21.7 Å². The van der Waals surface area contributed by atoms with Crippen molar-refractivity contribution in [2.75, 3.05) is 0 Å². The van der Waals surface area contributed by atoms with Crippen molar-refractivity contribution in [3.05, 3.63) is 70.9 Å². The first kappa shape index (κ1) is 17.3. The number of hydrogen-bond donors (Lipinski definition) is 0. The summed E-state index contributed by atoms with van der Waals surface area (Å²) in [6.07, 6.45) is 0. The Morgan fingerprint density at radius 2 is 2.00 bits per heavy atom. The van der Waals surface area contributed by atoms with Crippen molar-refractivity contribution < 1.29 is 22.1 Å². The van der Waals surface area contributed by atoms with Crippen LogP contribution in [0.4, 0.5) is 4.39 Å². The van der Waals surface area contributed by atoms with E-state index >= 15 is 0 Å². The molecule has 1 aliphatic rings. The second-order valence-corrected chi connectivity index (χ2v) is 8.09. The molecule has 0 N–H and O–H groups in total. The summed E-state index contributed by atoms with van der Waals surface area (Å²) in [6.45, 7) is 1.25. The molecule has 1 aliphatic heterocycles. The molecule has 2 aromatic carbocycles. The Labute approximate surface area is 154 Å². The predicted molar refractivity (Wildman–Crippen MR) is 93.4 cm³/mol. The molecule has 4 rings (SSSR count). The highest BCUT2D eigenvalue weighted by Crippen LogP contribution is 2.26. The molecule has 0 saturated carbocycles. The average molecular weight is 387 g/mol. The number of carbonyl (C=O) groups is 1. The number of nitrogens with zero attached hydrogens (tertiary/aromatic N) is 3. The van der Waals surface area contributed by atoms with Gasteiger partial charge in [-0.3, -0.25) is 4.79 Å². The third-order valence-corrected chi connectivity index (χ3v) is 5.97. The monoisotopic (exact) mass is 387 g/mol. The van der Waals surface area contributed by atoms with E-state index in [1.54, 1.807) is 43.3 Å². The second-order valence-electron chi connectivity index (χ2n) is 6.20. The fraction of sp³-hybridized carbons (Fsp3) is 0.167. The average Bonchev–Trinajstić information content (AvgIpc) is 3.09. The lowest BCUT2D eigenvalue weighted by atomic mass is 10.1. The van der Waals surface area contributed by atoms with Crippen LogP contribution in [0.25, 0.3) is 11.4 Å². The molecule has 1 amide bonds. The molecule has 3 aromatic rings. The normalized spacial score (nSPS) is 15.6. The van der Waals surface area contributed by atoms with Gasteiger partial charge in [0.05, 0.1) is 5.75 Å². The molecule has 0 aliphatic carbocycles. The smallest absolute Gasteiger partial charge is 0.268 e. The van der Waals surface area contributed by atoms with Gasteiger partial charge in [-0.05, 0) is 30.2 Å². The zero-order valence-electron chi connectivity index (χ0n) is 14.2. The van der Waals surface area contributed by atoms with Crippen LogP contribution in [0, 0.1) is 12.7 Å². The second kappa shape index (κ2) is 6.27. The summed E-state index contributed by atoms with van der Waals surface area (Å²) in [7, 11) is -3.86. The van der Waals surface area contributed by atoms with Crippen LogP contribution in [-0.4, -0.2) is 28.8 Å². The zero-order chi connectivity index (χ0) is 19.2. The van der Waals surface area contributed by atoms with E-state index < -0.39 is 21.7 Å². The third-order valence-electron chi connectivity index (χ3n) is 4.32. The Morgan fingerprint density at radius 3 is 2.78 bits per heavy atom. The first-order valence-corrected chi connectivity index (χ1v) is 9.68. The van der Waals surface area contributed by atoms with Crippen molar-refractivity contribution in [1.82, 2.24) is 14.4 Å². The highest BCUT2D eigenvalue weighted by Gasteiger charge is 2.36. The van der Waals surface area contributed by atoms with Crippen LogP contribution in [0.5, 0.6) is 0 Å². The van der Waals surface area contributed by atoms with Gasteiger partial charge < -0.3 is 4.52 Å². The minimum atomic E-state index is -3.86. The van der Waals surface area contributed by atoms with Crippen molar-refractivity contribution in [3.8, 4) is 11.4 Å². The molecule has 0 radical (unpaired) electrons. The third kappa shape index (κ3) is 3.10. The number of halogens is 1. The first-order chi connectivity index (χ1) is 12.8. The Bertz CT molecular complexity index is 1160. The molecule has 0 saturated heterocycles. The van der Waals surface area contributed by atoms with E-state index in [-0.39, 0.29) is 24.0 Å². The van der Waals surface area contributed by atoms with Gasteiger partial charge in [0.1, 0.15) is 12.4 Å². The van der Waals surface area contributed by atoms with Crippen LogP contribution < -0.4 is 0 Å². The minimum Gasteiger partial charge on any atom is -0.337 e. The molecule has 0 spiro atoms. The van der Waals surface area contributed by atoms with Gasteiger partial charge in [0, 0.05) is 11.1 Å². The number of hydrogen-bond acceptors (Lipinski definition) is 6. The van der Waals surface area contributed by atoms with Gasteiger partial charge in [-0.15, -0.1) is 0 Å². The topological polar surface area (TPSA) is 93.4 Å². The summed E-state index contributed by atoms with van der Waals surface area (Å²) in [5.41, 5.74) is 1.66. The maximum atomic E-state index is 13.7. The van der Waals surface area contributed by atoms with E-state index in [1.807, 2.05) is 0 Å². The Hall–Kier alpha value is -3.07.